The first kappa shape index (κ1) is 22.3. The zero-order valence-corrected chi connectivity index (χ0v) is 19.6. The maximum absolute atomic E-state index is 13.2. The Balaban J connectivity index is 1.26. The number of fused-ring (bicyclic) bond motifs is 1. The Morgan fingerprint density at radius 3 is 2.68 bits per heavy atom. The summed E-state index contributed by atoms with van der Waals surface area (Å²) in [4.78, 5) is 19.0. The van der Waals surface area contributed by atoms with Gasteiger partial charge in [0.1, 0.15) is 17.9 Å². The van der Waals surface area contributed by atoms with Crippen molar-refractivity contribution in [1.82, 2.24) is 4.98 Å². The number of carbonyl (C=O) groups excluding carboxylic acids is 1. The molecular weight excluding hydrogens is 456 g/mol. The molecule has 2 aliphatic rings. The predicted molar refractivity (Wildman–Crippen MR) is 128 cm³/mol. The average Bonchev–Trinajstić information content (AvgIpc) is 3.68. The molecule has 0 bridgehead atoms. The Bertz CT molecular complexity index is 1180. The minimum Gasteiger partial charge on any atom is -0.493 e. The number of pyridine rings is 1. The number of hydrogen-bond acceptors (Lipinski definition) is 6. The molecule has 0 spiro atoms. The predicted octanol–water partition coefficient (Wildman–Crippen LogP) is 5.50. The molecule has 0 radical (unpaired) electrons. The highest BCUT2D eigenvalue weighted by atomic mass is 35.5. The van der Waals surface area contributed by atoms with Crippen molar-refractivity contribution in [3.63, 3.8) is 0 Å². The van der Waals surface area contributed by atoms with Gasteiger partial charge >= 0.3 is 0 Å². The lowest BCUT2D eigenvalue weighted by atomic mass is 10.1. The lowest BCUT2D eigenvalue weighted by Crippen LogP contribution is -2.38. The second kappa shape index (κ2) is 9.81. The van der Waals surface area contributed by atoms with E-state index in [4.69, 9.17) is 30.5 Å². The summed E-state index contributed by atoms with van der Waals surface area (Å²) in [6, 6.07) is 14.5. The third-order valence-electron chi connectivity index (χ3n) is 5.91. The van der Waals surface area contributed by atoms with Gasteiger partial charge in [-0.15, -0.1) is 0 Å². The van der Waals surface area contributed by atoms with E-state index in [-0.39, 0.29) is 12.6 Å². The Labute approximate surface area is 203 Å². The standard InChI is InChI=1S/C26H25ClN2O5/c1-31-24-12-20(8-9-22(24)32-11-10-17-2-3-17)29-16-34-23-13-25(28-14-21(23)26(29)30)33-15-18-4-6-19(27)7-5-18/h4-9,12-14,17H,2-3,10-11,15-16H2,1H3. The second-order valence-corrected chi connectivity index (χ2v) is 8.79. The SMILES string of the molecule is COc1cc(N2COc3cc(OCc4ccc(Cl)cc4)ncc3C2=O)ccc1OCCC1CC1. The minimum atomic E-state index is -0.206. The summed E-state index contributed by atoms with van der Waals surface area (Å²) >= 11 is 5.92. The monoisotopic (exact) mass is 480 g/mol. The van der Waals surface area contributed by atoms with Gasteiger partial charge in [-0.3, -0.25) is 9.69 Å². The fraction of sp³-hybridized carbons (Fsp3) is 0.308. The van der Waals surface area contributed by atoms with Crippen LogP contribution in [-0.4, -0.2) is 31.3 Å². The number of hydrogen-bond donors (Lipinski definition) is 0. The molecule has 8 heteroatoms. The molecule has 0 atom stereocenters. The summed E-state index contributed by atoms with van der Waals surface area (Å²) in [6.07, 6.45) is 5.12. The molecule has 1 aliphatic heterocycles. The zero-order chi connectivity index (χ0) is 23.5. The van der Waals surface area contributed by atoms with E-state index < -0.39 is 0 Å². The molecule has 2 aromatic carbocycles. The lowest BCUT2D eigenvalue weighted by molar-refractivity contribution is 0.0936. The zero-order valence-electron chi connectivity index (χ0n) is 18.8. The number of amides is 1. The number of benzene rings is 2. The maximum Gasteiger partial charge on any atom is 0.266 e. The molecule has 3 aromatic rings. The van der Waals surface area contributed by atoms with Gasteiger partial charge in [-0.25, -0.2) is 4.98 Å². The first-order chi connectivity index (χ1) is 16.6. The van der Waals surface area contributed by atoms with E-state index in [1.807, 2.05) is 24.3 Å². The fourth-order valence-corrected chi connectivity index (χ4v) is 3.86. The van der Waals surface area contributed by atoms with Crippen LogP contribution in [0.1, 0.15) is 35.2 Å². The van der Waals surface area contributed by atoms with Crippen LogP contribution in [-0.2, 0) is 6.61 Å². The molecule has 7 nitrogen and oxygen atoms in total. The molecule has 1 aliphatic carbocycles. The summed E-state index contributed by atoms with van der Waals surface area (Å²) in [5, 5.41) is 0.667. The number of ether oxygens (including phenoxy) is 4. The van der Waals surface area contributed by atoms with Crippen LogP contribution in [0.3, 0.4) is 0 Å². The highest BCUT2D eigenvalue weighted by molar-refractivity contribution is 6.30. The number of rotatable bonds is 9. The summed E-state index contributed by atoms with van der Waals surface area (Å²) in [6.45, 7) is 1.06. The Morgan fingerprint density at radius 2 is 1.91 bits per heavy atom. The number of carbonyl (C=O) groups is 1. The van der Waals surface area contributed by atoms with Gasteiger partial charge in [0.05, 0.1) is 19.4 Å². The van der Waals surface area contributed by atoms with E-state index in [1.165, 1.54) is 23.9 Å². The van der Waals surface area contributed by atoms with Crippen molar-refractivity contribution < 1.29 is 23.7 Å². The third-order valence-corrected chi connectivity index (χ3v) is 6.16. The number of aromatic nitrogens is 1. The van der Waals surface area contributed by atoms with Gasteiger partial charge < -0.3 is 18.9 Å². The molecule has 2 heterocycles. The summed E-state index contributed by atoms with van der Waals surface area (Å²) < 4.78 is 23.0. The minimum absolute atomic E-state index is 0.0670. The smallest absolute Gasteiger partial charge is 0.266 e. The lowest BCUT2D eigenvalue weighted by Gasteiger charge is -2.29. The largest absolute Gasteiger partial charge is 0.493 e. The van der Waals surface area contributed by atoms with Crippen LogP contribution < -0.4 is 23.8 Å². The number of methoxy groups -OCH3 is 1. The van der Waals surface area contributed by atoms with Crippen molar-refractivity contribution >= 4 is 23.2 Å². The summed E-state index contributed by atoms with van der Waals surface area (Å²) in [5.74, 6) is 2.66. The summed E-state index contributed by atoms with van der Waals surface area (Å²) in [5.41, 5.74) is 1.99. The van der Waals surface area contributed by atoms with Crippen molar-refractivity contribution in [2.45, 2.75) is 25.9 Å². The molecule has 1 fully saturated rings. The van der Waals surface area contributed by atoms with Crippen LogP contribution in [0.2, 0.25) is 5.02 Å². The Hall–Kier alpha value is -3.45. The van der Waals surface area contributed by atoms with Crippen molar-refractivity contribution in [2.75, 3.05) is 25.3 Å². The van der Waals surface area contributed by atoms with E-state index in [2.05, 4.69) is 4.98 Å². The molecule has 1 saturated carbocycles. The van der Waals surface area contributed by atoms with Crippen LogP contribution in [0, 0.1) is 5.92 Å². The van der Waals surface area contributed by atoms with Crippen LogP contribution in [0.5, 0.6) is 23.1 Å². The van der Waals surface area contributed by atoms with E-state index in [1.54, 1.807) is 31.4 Å². The molecule has 0 saturated heterocycles. The van der Waals surface area contributed by atoms with E-state index in [0.717, 1.165) is 17.9 Å². The first-order valence-corrected chi connectivity index (χ1v) is 11.6. The Kier molecular flexibility index (Phi) is 6.45. The van der Waals surface area contributed by atoms with Gasteiger partial charge in [-0.2, -0.15) is 0 Å². The molecule has 0 unspecified atom stereocenters. The third kappa shape index (κ3) is 5.04. The van der Waals surface area contributed by atoms with Gasteiger partial charge in [-0.05, 0) is 42.2 Å². The Morgan fingerprint density at radius 1 is 1.09 bits per heavy atom. The number of halogens is 1. The normalized spacial score (nSPS) is 14.9. The van der Waals surface area contributed by atoms with E-state index >= 15 is 0 Å². The van der Waals surface area contributed by atoms with Crippen molar-refractivity contribution in [3.8, 4) is 23.1 Å². The molecule has 1 aromatic heterocycles. The van der Waals surface area contributed by atoms with Crippen molar-refractivity contribution in [2.24, 2.45) is 5.92 Å². The topological polar surface area (TPSA) is 70.1 Å². The van der Waals surface area contributed by atoms with Crippen LogP contribution in [0.4, 0.5) is 5.69 Å². The second-order valence-electron chi connectivity index (χ2n) is 8.36. The van der Waals surface area contributed by atoms with Gasteiger partial charge in [0.2, 0.25) is 5.88 Å². The molecule has 34 heavy (non-hydrogen) atoms. The summed E-state index contributed by atoms with van der Waals surface area (Å²) in [7, 11) is 1.59. The van der Waals surface area contributed by atoms with Crippen molar-refractivity contribution in [1.29, 1.82) is 0 Å². The molecule has 1 amide bonds. The van der Waals surface area contributed by atoms with Crippen molar-refractivity contribution in [3.05, 3.63) is 70.9 Å². The van der Waals surface area contributed by atoms with E-state index in [9.17, 15) is 4.79 Å². The molecule has 0 N–H and O–H groups in total. The highest BCUT2D eigenvalue weighted by Crippen LogP contribution is 2.37. The van der Waals surface area contributed by atoms with Gasteiger partial charge in [0, 0.05) is 23.4 Å². The average molecular weight is 481 g/mol. The maximum atomic E-state index is 13.2. The van der Waals surface area contributed by atoms with Gasteiger partial charge in [-0.1, -0.05) is 36.6 Å². The van der Waals surface area contributed by atoms with E-state index in [0.29, 0.717) is 52.6 Å². The quantitative estimate of drug-likeness (QED) is 0.403. The van der Waals surface area contributed by atoms with Gasteiger partial charge in [0.15, 0.2) is 18.2 Å². The highest BCUT2D eigenvalue weighted by Gasteiger charge is 2.29. The molecular formula is C26H25ClN2O5. The van der Waals surface area contributed by atoms with Gasteiger partial charge in [0.25, 0.3) is 5.91 Å². The molecule has 5 rings (SSSR count). The van der Waals surface area contributed by atoms with Crippen LogP contribution in [0.15, 0.2) is 54.7 Å². The number of nitrogens with zero attached hydrogens (tertiary/aromatic N) is 2. The first-order valence-electron chi connectivity index (χ1n) is 11.2. The number of anilines is 1. The molecule has 176 valence electrons. The van der Waals surface area contributed by atoms with Crippen LogP contribution in [0.25, 0.3) is 0 Å². The van der Waals surface area contributed by atoms with Crippen LogP contribution >= 0.6 is 11.6 Å². The fourth-order valence-electron chi connectivity index (χ4n) is 3.73.